The Hall–Kier alpha value is -4.20. The molecule has 1 amide bonds. The first-order chi connectivity index (χ1) is 18.5. The largest absolute Gasteiger partial charge is 0.465 e. The molecular weight excluding hydrogens is 492 g/mol. The van der Waals surface area contributed by atoms with E-state index in [1.54, 1.807) is 17.2 Å². The van der Waals surface area contributed by atoms with Crippen molar-refractivity contribution in [2.24, 2.45) is 0 Å². The van der Waals surface area contributed by atoms with Crippen LogP contribution in [-0.2, 0) is 9.47 Å². The van der Waals surface area contributed by atoms with Crippen LogP contribution in [-0.4, -0.2) is 57.3 Å². The molecule has 0 N–H and O–H groups in total. The van der Waals surface area contributed by atoms with E-state index in [4.69, 9.17) is 14.5 Å². The Morgan fingerprint density at radius 2 is 1.77 bits per heavy atom. The second-order valence-electron chi connectivity index (χ2n) is 11.2. The molecule has 1 atom stereocenters. The molecule has 1 aliphatic heterocycles. The summed E-state index contributed by atoms with van der Waals surface area (Å²) in [6, 6.07) is 14.0. The van der Waals surface area contributed by atoms with Gasteiger partial charge >= 0.3 is 12.1 Å². The predicted octanol–water partition coefficient (Wildman–Crippen LogP) is 6.22. The van der Waals surface area contributed by atoms with Crippen LogP contribution in [0.15, 0.2) is 54.9 Å². The third-order valence-electron chi connectivity index (χ3n) is 6.91. The van der Waals surface area contributed by atoms with Gasteiger partial charge in [-0.3, -0.25) is 9.55 Å². The Morgan fingerprint density at radius 3 is 2.46 bits per heavy atom. The topological polar surface area (TPSA) is 86.6 Å². The lowest BCUT2D eigenvalue weighted by Crippen LogP contribution is -2.35. The third-order valence-corrected chi connectivity index (χ3v) is 6.91. The Labute approximate surface area is 228 Å². The molecular formula is C31H34N4O4. The van der Waals surface area contributed by atoms with Crippen LogP contribution in [0.4, 0.5) is 4.79 Å². The van der Waals surface area contributed by atoms with Crippen LogP contribution in [0.25, 0.3) is 28.1 Å². The van der Waals surface area contributed by atoms with Gasteiger partial charge in [0.05, 0.1) is 24.6 Å². The minimum Gasteiger partial charge on any atom is -0.465 e. The van der Waals surface area contributed by atoms with Gasteiger partial charge in [0.2, 0.25) is 0 Å². The van der Waals surface area contributed by atoms with Crippen molar-refractivity contribution >= 4 is 23.2 Å². The van der Waals surface area contributed by atoms with Gasteiger partial charge in [-0.25, -0.2) is 14.6 Å². The molecule has 1 aliphatic rings. The number of aromatic nitrogens is 3. The van der Waals surface area contributed by atoms with Crippen LogP contribution in [0.2, 0.25) is 0 Å². The number of likely N-dealkylation sites (tertiary alicyclic amines) is 1. The number of carbonyl (C=O) groups is 2. The molecule has 0 bridgehead atoms. The standard InChI is InChI=1S/C31H34N4O4/c1-19-13-20(2)15-22(14-19)27-17-32-26-10-12-35(28(26)33-27)23-7-8-24(29(36)38-6)25(16-23)21-9-11-34(18-21)30(37)39-31(3,4)5/h7-8,10,12-17,21H,9,11,18H2,1-6H3. The summed E-state index contributed by atoms with van der Waals surface area (Å²) in [4.78, 5) is 36.7. The fraction of sp³-hybridized carbons (Fsp3) is 0.355. The number of hydrogen-bond donors (Lipinski definition) is 0. The number of benzene rings is 2. The SMILES string of the molecule is COC(=O)c1ccc(-n2ccc3ncc(-c4cc(C)cc(C)c4)nc32)cc1C1CCN(C(=O)OC(C)(C)C)C1. The van der Waals surface area contributed by atoms with Crippen molar-refractivity contribution < 1.29 is 19.1 Å². The molecule has 0 radical (unpaired) electrons. The molecule has 39 heavy (non-hydrogen) atoms. The summed E-state index contributed by atoms with van der Waals surface area (Å²) in [6.07, 6.45) is 4.12. The van der Waals surface area contributed by atoms with Crippen molar-refractivity contribution in [3.63, 3.8) is 0 Å². The molecule has 5 rings (SSSR count). The van der Waals surface area contributed by atoms with Gasteiger partial charge in [0.25, 0.3) is 0 Å². The van der Waals surface area contributed by atoms with Gasteiger partial charge in [-0.2, -0.15) is 0 Å². The number of amides is 1. The Balaban J connectivity index is 1.53. The smallest absolute Gasteiger partial charge is 0.410 e. The molecule has 0 saturated carbocycles. The Morgan fingerprint density at radius 1 is 1.03 bits per heavy atom. The minimum absolute atomic E-state index is 0.0368. The fourth-order valence-corrected chi connectivity index (χ4v) is 5.21. The number of aryl methyl sites for hydroxylation is 2. The normalized spacial score (nSPS) is 15.5. The van der Waals surface area contributed by atoms with Crippen LogP contribution in [0, 0.1) is 13.8 Å². The zero-order valence-corrected chi connectivity index (χ0v) is 23.3. The molecule has 4 aromatic rings. The molecule has 0 aliphatic carbocycles. The van der Waals surface area contributed by atoms with Gasteiger partial charge in [0.15, 0.2) is 5.65 Å². The molecule has 1 unspecified atom stereocenters. The van der Waals surface area contributed by atoms with E-state index >= 15 is 0 Å². The highest BCUT2D eigenvalue weighted by molar-refractivity contribution is 5.92. The molecule has 3 heterocycles. The maximum atomic E-state index is 12.7. The molecule has 1 fully saturated rings. The Bertz CT molecular complexity index is 1550. The van der Waals surface area contributed by atoms with Crippen LogP contribution in [0.1, 0.15) is 60.2 Å². The van der Waals surface area contributed by atoms with Crippen molar-refractivity contribution in [1.82, 2.24) is 19.4 Å². The maximum Gasteiger partial charge on any atom is 0.410 e. The number of methoxy groups -OCH3 is 1. The van der Waals surface area contributed by atoms with Gasteiger partial charge in [-0.05, 0) is 83.0 Å². The second kappa shape index (κ2) is 10.2. The monoisotopic (exact) mass is 526 g/mol. The van der Waals surface area contributed by atoms with E-state index in [1.165, 1.54) is 18.2 Å². The third kappa shape index (κ3) is 5.50. The van der Waals surface area contributed by atoms with E-state index in [1.807, 2.05) is 49.7 Å². The van der Waals surface area contributed by atoms with Crippen molar-refractivity contribution in [2.75, 3.05) is 20.2 Å². The van der Waals surface area contributed by atoms with Crippen molar-refractivity contribution in [1.29, 1.82) is 0 Å². The van der Waals surface area contributed by atoms with E-state index in [0.29, 0.717) is 18.7 Å². The predicted molar refractivity (Wildman–Crippen MR) is 150 cm³/mol. The quantitative estimate of drug-likeness (QED) is 0.294. The van der Waals surface area contributed by atoms with Gasteiger partial charge in [0, 0.05) is 36.5 Å². The molecule has 0 spiro atoms. The summed E-state index contributed by atoms with van der Waals surface area (Å²) < 4.78 is 12.6. The first-order valence-electron chi connectivity index (χ1n) is 13.2. The average Bonchev–Trinajstić information content (AvgIpc) is 3.54. The highest BCUT2D eigenvalue weighted by Crippen LogP contribution is 2.33. The summed E-state index contributed by atoms with van der Waals surface area (Å²) in [7, 11) is 1.38. The summed E-state index contributed by atoms with van der Waals surface area (Å²) >= 11 is 0. The number of carbonyl (C=O) groups excluding carboxylic acids is 2. The van der Waals surface area contributed by atoms with E-state index in [0.717, 1.165) is 40.1 Å². The van der Waals surface area contributed by atoms with E-state index in [-0.39, 0.29) is 12.0 Å². The van der Waals surface area contributed by atoms with Crippen molar-refractivity contribution in [3.8, 4) is 16.9 Å². The van der Waals surface area contributed by atoms with E-state index < -0.39 is 11.6 Å². The number of nitrogens with zero attached hydrogens (tertiary/aromatic N) is 4. The lowest BCUT2D eigenvalue weighted by Gasteiger charge is -2.24. The molecule has 2 aromatic heterocycles. The van der Waals surface area contributed by atoms with Crippen LogP contribution < -0.4 is 0 Å². The van der Waals surface area contributed by atoms with Crippen LogP contribution in [0.5, 0.6) is 0 Å². The number of fused-ring (bicyclic) bond motifs is 1. The van der Waals surface area contributed by atoms with Crippen LogP contribution >= 0.6 is 0 Å². The molecule has 8 nitrogen and oxygen atoms in total. The summed E-state index contributed by atoms with van der Waals surface area (Å²) in [5.41, 5.74) is 7.28. The molecule has 1 saturated heterocycles. The highest BCUT2D eigenvalue weighted by Gasteiger charge is 2.33. The lowest BCUT2D eigenvalue weighted by molar-refractivity contribution is 0.0292. The van der Waals surface area contributed by atoms with Crippen LogP contribution in [0.3, 0.4) is 0 Å². The first-order valence-corrected chi connectivity index (χ1v) is 13.2. The summed E-state index contributed by atoms with van der Waals surface area (Å²) in [6.45, 7) is 10.7. The zero-order valence-electron chi connectivity index (χ0n) is 23.3. The molecule has 202 valence electrons. The number of esters is 1. The zero-order chi connectivity index (χ0) is 27.9. The number of hydrogen-bond acceptors (Lipinski definition) is 6. The van der Waals surface area contributed by atoms with Gasteiger partial charge in [0.1, 0.15) is 11.1 Å². The maximum absolute atomic E-state index is 12.7. The van der Waals surface area contributed by atoms with Crippen molar-refractivity contribution in [2.45, 2.75) is 52.6 Å². The number of rotatable bonds is 4. The lowest BCUT2D eigenvalue weighted by atomic mass is 9.92. The van der Waals surface area contributed by atoms with Gasteiger partial charge in [-0.1, -0.05) is 17.2 Å². The van der Waals surface area contributed by atoms with Gasteiger partial charge in [-0.15, -0.1) is 0 Å². The van der Waals surface area contributed by atoms with E-state index in [2.05, 4.69) is 37.0 Å². The van der Waals surface area contributed by atoms with Crippen molar-refractivity contribution in [3.05, 3.63) is 77.1 Å². The first kappa shape index (κ1) is 26.4. The highest BCUT2D eigenvalue weighted by atomic mass is 16.6. The molecule has 8 heteroatoms. The fourth-order valence-electron chi connectivity index (χ4n) is 5.21. The van der Waals surface area contributed by atoms with Gasteiger partial charge < -0.3 is 14.4 Å². The second-order valence-corrected chi connectivity index (χ2v) is 11.2. The Kier molecular flexibility index (Phi) is 6.89. The average molecular weight is 527 g/mol. The minimum atomic E-state index is -0.571. The number of ether oxygens (including phenoxy) is 2. The molecule has 2 aromatic carbocycles. The summed E-state index contributed by atoms with van der Waals surface area (Å²) in [5, 5.41) is 0. The summed E-state index contributed by atoms with van der Waals surface area (Å²) in [5.74, 6) is -0.438. The van der Waals surface area contributed by atoms with E-state index in [9.17, 15) is 9.59 Å².